The molecule has 0 aliphatic rings. The van der Waals surface area contributed by atoms with Crippen molar-refractivity contribution in [1.29, 1.82) is 0 Å². The molecule has 8 nitrogen and oxygen atoms in total. The van der Waals surface area contributed by atoms with Gasteiger partial charge < -0.3 is 35.4 Å². The van der Waals surface area contributed by atoms with Crippen molar-refractivity contribution in [2.24, 2.45) is 0 Å². The molecule has 0 radical (unpaired) electrons. The monoisotopic (exact) mass is 344 g/mol. The normalized spacial score (nSPS) is 16.2. The molecule has 1 aromatic rings. The van der Waals surface area contributed by atoms with Crippen LogP contribution in [0, 0.1) is 0 Å². The highest BCUT2D eigenvalue weighted by Crippen LogP contribution is 2.31. The zero-order valence-corrected chi connectivity index (χ0v) is 13.4. The number of hydrogen-bond acceptors (Lipinski definition) is 8. The van der Waals surface area contributed by atoms with Gasteiger partial charge in [0.2, 0.25) is 0 Å². The van der Waals surface area contributed by atoms with Crippen LogP contribution in [0.15, 0.2) is 18.2 Å². The first-order chi connectivity index (χ1) is 11.3. The maximum absolute atomic E-state index is 11.7. The van der Waals surface area contributed by atoms with E-state index in [1.165, 1.54) is 12.1 Å². The zero-order chi connectivity index (χ0) is 18.3. The summed E-state index contributed by atoms with van der Waals surface area (Å²) in [5.74, 6) is -0.886. The summed E-state index contributed by atoms with van der Waals surface area (Å²) in [6.45, 7) is 0.575. The third kappa shape index (κ3) is 5.97. The Bertz CT molecular complexity index is 533. The fraction of sp³-hybridized carbons (Fsp3) is 0.562. The Labute approximate surface area is 139 Å². The number of benzene rings is 1. The largest absolute Gasteiger partial charge is 0.508 e. The lowest BCUT2D eigenvalue weighted by atomic mass is 9.95. The number of phenols is 2. The third-order valence-electron chi connectivity index (χ3n) is 3.72. The number of aliphatic hydroxyl groups excluding tert-OH is 4. The fourth-order valence-electron chi connectivity index (χ4n) is 2.15. The molecule has 0 aliphatic heterocycles. The molecule has 1 rings (SSSR count). The Morgan fingerprint density at radius 2 is 1.83 bits per heavy atom. The average molecular weight is 344 g/mol. The molecule has 6 N–H and O–H groups in total. The highest BCUT2D eigenvalue weighted by atomic mass is 16.5. The molecule has 0 saturated heterocycles. The van der Waals surface area contributed by atoms with Crippen LogP contribution in [0.4, 0.5) is 0 Å². The third-order valence-corrected chi connectivity index (χ3v) is 3.72. The summed E-state index contributed by atoms with van der Waals surface area (Å²) in [5, 5.41) is 55.8. The number of hydrogen-bond donors (Lipinski definition) is 6. The van der Waals surface area contributed by atoms with E-state index in [0.29, 0.717) is 12.0 Å². The quantitative estimate of drug-likeness (QED) is 0.332. The van der Waals surface area contributed by atoms with Gasteiger partial charge in [-0.25, -0.2) is 0 Å². The van der Waals surface area contributed by atoms with Crippen LogP contribution in [0.2, 0.25) is 0 Å². The predicted molar refractivity (Wildman–Crippen MR) is 83.5 cm³/mol. The van der Waals surface area contributed by atoms with Gasteiger partial charge in [0.1, 0.15) is 36.4 Å². The van der Waals surface area contributed by atoms with Crippen molar-refractivity contribution in [2.45, 2.75) is 44.0 Å². The van der Waals surface area contributed by atoms with Crippen molar-refractivity contribution in [1.82, 2.24) is 0 Å². The van der Waals surface area contributed by atoms with Crippen LogP contribution < -0.4 is 0 Å². The van der Waals surface area contributed by atoms with Gasteiger partial charge in [-0.3, -0.25) is 4.79 Å². The molecular formula is C16H24O8. The molecule has 4 unspecified atom stereocenters. The maximum atomic E-state index is 11.7. The molecule has 0 heterocycles. The van der Waals surface area contributed by atoms with Crippen LogP contribution >= 0.6 is 0 Å². The molecule has 0 spiro atoms. The summed E-state index contributed by atoms with van der Waals surface area (Å²) < 4.78 is 4.81. The van der Waals surface area contributed by atoms with E-state index in [1.54, 1.807) is 13.0 Å². The van der Waals surface area contributed by atoms with Gasteiger partial charge in [0.25, 0.3) is 0 Å². The molecule has 0 aliphatic carbocycles. The number of carbonyl (C=O) groups excluding carboxylic acids is 1. The van der Waals surface area contributed by atoms with E-state index in [1.807, 2.05) is 0 Å². The molecule has 0 fully saturated rings. The summed E-state index contributed by atoms with van der Waals surface area (Å²) in [7, 11) is 0. The molecule has 24 heavy (non-hydrogen) atoms. The van der Waals surface area contributed by atoms with Gasteiger partial charge in [0.15, 0.2) is 0 Å². The van der Waals surface area contributed by atoms with Crippen LogP contribution in [-0.4, -0.2) is 68.1 Å². The van der Waals surface area contributed by atoms with E-state index in [4.69, 9.17) is 14.9 Å². The van der Waals surface area contributed by atoms with Crippen LogP contribution in [-0.2, 0) is 9.53 Å². The molecule has 0 bridgehead atoms. The summed E-state index contributed by atoms with van der Waals surface area (Å²) in [6, 6.07) is 4.22. The summed E-state index contributed by atoms with van der Waals surface area (Å²) in [6.07, 6.45) is -4.25. The first-order valence-corrected chi connectivity index (χ1v) is 7.58. The Morgan fingerprint density at radius 1 is 1.17 bits per heavy atom. The molecular weight excluding hydrogens is 320 g/mol. The van der Waals surface area contributed by atoms with E-state index in [-0.39, 0.29) is 23.8 Å². The van der Waals surface area contributed by atoms with Gasteiger partial charge in [-0.05, 0) is 24.0 Å². The lowest BCUT2D eigenvalue weighted by Gasteiger charge is -2.21. The summed E-state index contributed by atoms with van der Waals surface area (Å²) >= 11 is 0. The minimum Gasteiger partial charge on any atom is -0.508 e. The molecule has 1 aromatic carbocycles. The van der Waals surface area contributed by atoms with Crippen LogP contribution in [0.25, 0.3) is 0 Å². The summed E-state index contributed by atoms with van der Waals surface area (Å²) in [4.78, 5) is 11.7. The maximum Gasteiger partial charge on any atom is 0.305 e. The van der Waals surface area contributed by atoms with Crippen molar-refractivity contribution in [3.63, 3.8) is 0 Å². The van der Waals surface area contributed by atoms with Crippen molar-refractivity contribution >= 4 is 5.97 Å². The molecule has 136 valence electrons. The smallest absolute Gasteiger partial charge is 0.305 e. The zero-order valence-electron chi connectivity index (χ0n) is 13.4. The molecule has 8 heteroatoms. The van der Waals surface area contributed by atoms with Gasteiger partial charge in [-0.1, -0.05) is 13.0 Å². The Kier molecular flexibility index (Phi) is 7.93. The Balaban J connectivity index is 2.40. The first kappa shape index (κ1) is 20.2. The van der Waals surface area contributed by atoms with Crippen LogP contribution in [0.1, 0.15) is 31.2 Å². The lowest BCUT2D eigenvalue weighted by molar-refractivity contribution is -0.152. The molecule has 0 saturated carbocycles. The first-order valence-electron chi connectivity index (χ1n) is 7.58. The van der Waals surface area contributed by atoms with Crippen LogP contribution in [0.3, 0.4) is 0 Å². The highest BCUT2D eigenvalue weighted by Gasteiger charge is 2.25. The van der Waals surface area contributed by atoms with Gasteiger partial charge in [-0.15, -0.1) is 0 Å². The van der Waals surface area contributed by atoms with E-state index in [2.05, 4.69) is 0 Å². The van der Waals surface area contributed by atoms with E-state index >= 15 is 0 Å². The van der Waals surface area contributed by atoms with Gasteiger partial charge in [0.05, 0.1) is 6.61 Å². The minimum absolute atomic E-state index is 0.0207. The van der Waals surface area contributed by atoms with E-state index < -0.39 is 37.5 Å². The molecule has 0 amide bonds. The van der Waals surface area contributed by atoms with Crippen molar-refractivity contribution < 1.29 is 40.2 Å². The Hall–Kier alpha value is -1.87. The second-order valence-corrected chi connectivity index (χ2v) is 5.67. The second kappa shape index (κ2) is 9.43. The minimum atomic E-state index is -1.62. The lowest BCUT2D eigenvalue weighted by Crippen LogP contribution is -2.42. The standard InChI is InChI=1S/C16H24O8/c1-9(11-4-3-10(18)6-12(11)19)2-5-15(22)24-8-14(21)16(23)13(20)7-17/h3-4,6,9,13-14,16-21,23H,2,5,7-8H2,1H3. The number of aliphatic hydroxyl groups is 4. The van der Waals surface area contributed by atoms with Crippen molar-refractivity contribution in [3.8, 4) is 11.5 Å². The van der Waals surface area contributed by atoms with Crippen molar-refractivity contribution in [2.75, 3.05) is 13.2 Å². The summed E-state index contributed by atoms with van der Waals surface area (Å²) in [5.41, 5.74) is 0.585. The van der Waals surface area contributed by atoms with Gasteiger partial charge >= 0.3 is 5.97 Å². The number of esters is 1. The van der Waals surface area contributed by atoms with Gasteiger partial charge in [-0.2, -0.15) is 0 Å². The Morgan fingerprint density at radius 3 is 2.42 bits per heavy atom. The second-order valence-electron chi connectivity index (χ2n) is 5.67. The molecule has 0 aromatic heterocycles. The van der Waals surface area contributed by atoms with E-state index in [9.17, 15) is 25.2 Å². The SMILES string of the molecule is CC(CCC(=O)OCC(O)C(O)C(O)CO)c1ccc(O)cc1O. The fourth-order valence-corrected chi connectivity index (χ4v) is 2.15. The number of aromatic hydroxyl groups is 2. The number of phenolic OH excluding ortho intramolecular Hbond substituents is 2. The number of rotatable bonds is 9. The number of ether oxygens (including phenoxy) is 1. The predicted octanol–water partition coefficient (Wildman–Crippen LogP) is -0.400. The van der Waals surface area contributed by atoms with Gasteiger partial charge in [0, 0.05) is 12.5 Å². The number of carbonyl (C=O) groups is 1. The molecule has 4 atom stereocenters. The highest BCUT2D eigenvalue weighted by molar-refractivity contribution is 5.69. The van der Waals surface area contributed by atoms with Crippen molar-refractivity contribution in [3.05, 3.63) is 23.8 Å². The van der Waals surface area contributed by atoms with Crippen LogP contribution in [0.5, 0.6) is 11.5 Å². The van der Waals surface area contributed by atoms with E-state index in [0.717, 1.165) is 0 Å². The topological polar surface area (TPSA) is 148 Å². The average Bonchev–Trinajstić information content (AvgIpc) is 2.55.